The molecule has 118 valence electrons. The van der Waals surface area contributed by atoms with Crippen molar-refractivity contribution in [2.75, 3.05) is 12.3 Å². The first-order valence-electron chi connectivity index (χ1n) is 7.45. The van der Waals surface area contributed by atoms with Gasteiger partial charge in [0.15, 0.2) is 0 Å². The number of hydrogen-bond acceptors (Lipinski definition) is 3. The second kappa shape index (κ2) is 7.58. The maximum Gasteiger partial charge on any atom is 0.212 e. The van der Waals surface area contributed by atoms with Crippen molar-refractivity contribution in [3.8, 4) is 0 Å². The Bertz CT molecular complexity index is 559. The van der Waals surface area contributed by atoms with Gasteiger partial charge in [0.1, 0.15) is 0 Å². The average molecular weight is 331 g/mol. The molecule has 21 heavy (non-hydrogen) atoms. The Kier molecular flexibility index (Phi) is 6.05. The molecule has 1 atom stereocenters. The highest BCUT2D eigenvalue weighted by atomic mass is 35.5. The van der Waals surface area contributed by atoms with Crippen molar-refractivity contribution in [1.29, 1.82) is 0 Å². The highest BCUT2D eigenvalue weighted by molar-refractivity contribution is 7.89. The first kappa shape index (κ1) is 16.7. The van der Waals surface area contributed by atoms with Crippen molar-refractivity contribution in [2.45, 2.75) is 44.7 Å². The number of benzene rings is 1. The zero-order chi connectivity index (χ0) is 15.3. The molecule has 0 aromatic heterocycles. The topological polar surface area (TPSA) is 58.2 Å². The van der Waals surface area contributed by atoms with Gasteiger partial charge in [-0.2, -0.15) is 0 Å². The van der Waals surface area contributed by atoms with Gasteiger partial charge in [0, 0.05) is 17.1 Å². The van der Waals surface area contributed by atoms with Gasteiger partial charge >= 0.3 is 0 Å². The average Bonchev–Trinajstić information content (AvgIpc) is 3.22. The molecule has 0 aliphatic heterocycles. The lowest BCUT2D eigenvalue weighted by Gasteiger charge is -2.15. The molecule has 1 saturated carbocycles. The van der Waals surface area contributed by atoms with Crippen LogP contribution in [0.15, 0.2) is 24.3 Å². The van der Waals surface area contributed by atoms with Crippen molar-refractivity contribution in [3.63, 3.8) is 0 Å². The summed E-state index contributed by atoms with van der Waals surface area (Å²) in [6, 6.07) is 7.68. The number of nitrogens with one attached hydrogen (secondary N) is 2. The molecule has 0 saturated heterocycles. The van der Waals surface area contributed by atoms with Crippen LogP contribution in [0.25, 0.3) is 0 Å². The molecule has 0 radical (unpaired) electrons. The Hall–Kier alpha value is -0.620. The summed E-state index contributed by atoms with van der Waals surface area (Å²) in [5.41, 5.74) is 0.876. The molecule has 4 nitrogen and oxygen atoms in total. The molecule has 0 amide bonds. The predicted octanol–water partition coefficient (Wildman–Crippen LogP) is 2.85. The zero-order valence-electron chi connectivity index (χ0n) is 12.3. The lowest BCUT2D eigenvalue weighted by atomic mass is 10.1. The Labute approximate surface area is 132 Å². The maximum absolute atomic E-state index is 12.0. The van der Waals surface area contributed by atoms with Crippen LogP contribution in [0.2, 0.25) is 5.02 Å². The summed E-state index contributed by atoms with van der Waals surface area (Å²) in [7, 11) is -3.25. The molecule has 1 aliphatic rings. The van der Waals surface area contributed by atoms with Gasteiger partial charge in [-0.25, -0.2) is 13.1 Å². The highest BCUT2D eigenvalue weighted by Gasteiger charge is 2.20. The number of rotatable bonds is 9. The number of halogens is 1. The summed E-state index contributed by atoms with van der Waals surface area (Å²) in [5.74, 6) is 0.171. The van der Waals surface area contributed by atoms with E-state index in [0.29, 0.717) is 17.5 Å². The van der Waals surface area contributed by atoms with E-state index in [4.69, 9.17) is 11.6 Å². The first-order valence-corrected chi connectivity index (χ1v) is 9.48. The first-order chi connectivity index (χ1) is 9.96. The van der Waals surface area contributed by atoms with E-state index in [9.17, 15) is 8.42 Å². The standard InChI is InChI=1S/C15H23ClN2O2S/c1-12(13-5-4-6-14(16)11-13)18-21(19,20)10-3-2-9-17-15-7-8-15/h4-6,11-12,15,17-18H,2-3,7-10H2,1H3. The number of unbranched alkanes of at least 4 members (excludes halogenated alkanes) is 1. The van der Waals surface area contributed by atoms with Gasteiger partial charge in [-0.05, 0) is 56.8 Å². The molecule has 0 heterocycles. The largest absolute Gasteiger partial charge is 0.314 e. The zero-order valence-corrected chi connectivity index (χ0v) is 13.9. The van der Waals surface area contributed by atoms with Crippen molar-refractivity contribution >= 4 is 21.6 Å². The maximum atomic E-state index is 12.0. The van der Waals surface area contributed by atoms with Crippen LogP contribution < -0.4 is 10.0 Å². The molecule has 2 N–H and O–H groups in total. The minimum absolute atomic E-state index is 0.171. The van der Waals surface area contributed by atoms with E-state index in [2.05, 4.69) is 10.0 Å². The van der Waals surface area contributed by atoms with Crippen molar-refractivity contribution < 1.29 is 8.42 Å². The molecule has 0 bridgehead atoms. The van der Waals surface area contributed by atoms with Crippen molar-refractivity contribution in [1.82, 2.24) is 10.0 Å². The Morgan fingerprint density at radius 3 is 2.76 bits per heavy atom. The van der Waals surface area contributed by atoms with E-state index < -0.39 is 10.0 Å². The van der Waals surface area contributed by atoms with Crippen molar-refractivity contribution in [2.24, 2.45) is 0 Å². The fourth-order valence-electron chi connectivity index (χ4n) is 2.18. The Balaban J connectivity index is 1.73. The summed E-state index contributed by atoms with van der Waals surface area (Å²) in [5, 5.41) is 4.00. The molecule has 1 unspecified atom stereocenters. The molecule has 1 aromatic carbocycles. The van der Waals surface area contributed by atoms with Gasteiger partial charge in [0.05, 0.1) is 5.75 Å². The van der Waals surface area contributed by atoms with E-state index >= 15 is 0 Å². The summed E-state index contributed by atoms with van der Waals surface area (Å²) >= 11 is 5.92. The van der Waals surface area contributed by atoms with Crippen molar-refractivity contribution in [3.05, 3.63) is 34.9 Å². The molecule has 1 aliphatic carbocycles. The SMILES string of the molecule is CC(NS(=O)(=O)CCCCNC1CC1)c1cccc(Cl)c1. The Morgan fingerprint density at radius 2 is 2.10 bits per heavy atom. The highest BCUT2D eigenvalue weighted by Crippen LogP contribution is 2.19. The summed E-state index contributed by atoms with van der Waals surface area (Å²) in [6.07, 6.45) is 4.09. The molecular weight excluding hydrogens is 308 g/mol. The molecule has 1 fully saturated rings. The van der Waals surface area contributed by atoms with Gasteiger partial charge in [-0.3, -0.25) is 0 Å². The lowest BCUT2D eigenvalue weighted by Crippen LogP contribution is -2.29. The van der Waals surface area contributed by atoms with Gasteiger partial charge in [-0.15, -0.1) is 0 Å². The summed E-state index contributed by atoms with van der Waals surface area (Å²) < 4.78 is 26.8. The van der Waals surface area contributed by atoms with E-state index in [1.54, 1.807) is 12.1 Å². The second-order valence-electron chi connectivity index (χ2n) is 5.65. The molecule has 0 spiro atoms. The third-order valence-corrected chi connectivity index (χ3v) is 5.33. The van der Waals surface area contributed by atoms with Crippen LogP contribution >= 0.6 is 11.6 Å². The van der Waals surface area contributed by atoms with Crippen LogP contribution in [-0.2, 0) is 10.0 Å². The van der Waals surface area contributed by atoms with Gasteiger partial charge < -0.3 is 5.32 Å². The van der Waals surface area contributed by atoms with Gasteiger partial charge in [0.25, 0.3) is 0 Å². The molecular formula is C15H23ClN2O2S. The van der Waals surface area contributed by atoms with Crippen LogP contribution in [0.4, 0.5) is 0 Å². The van der Waals surface area contributed by atoms with E-state index in [-0.39, 0.29) is 11.8 Å². The van der Waals surface area contributed by atoms with E-state index in [0.717, 1.165) is 18.5 Å². The number of hydrogen-bond donors (Lipinski definition) is 2. The summed E-state index contributed by atoms with van der Waals surface area (Å²) in [6.45, 7) is 2.74. The van der Waals surface area contributed by atoms with Crippen LogP contribution in [0.5, 0.6) is 0 Å². The van der Waals surface area contributed by atoms with Crippen LogP contribution in [0.3, 0.4) is 0 Å². The van der Waals surface area contributed by atoms with E-state index in [1.807, 2.05) is 19.1 Å². The third-order valence-electron chi connectivity index (χ3n) is 3.56. The van der Waals surface area contributed by atoms with Crippen LogP contribution in [0.1, 0.15) is 44.2 Å². The van der Waals surface area contributed by atoms with Crippen LogP contribution in [-0.4, -0.2) is 26.8 Å². The minimum Gasteiger partial charge on any atom is -0.314 e. The van der Waals surface area contributed by atoms with E-state index in [1.165, 1.54) is 12.8 Å². The molecule has 2 rings (SSSR count). The second-order valence-corrected chi connectivity index (χ2v) is 7.96. The monoisotopic (exact) mass is 330 g/mol. The van der Waals surface area contributed by atoms with Crippen LogP contribution in [0, 0.1) is 0 Å². The molecule has 1 aromatic rings. The summed E-state index contributed by atoms with van der Waals surface area (Å²) in [4.78, 5) is 0. The normalized spacial score (nSPS) is 16.9. The fraction of sp³-hybridized carbons (Fsp3) is 0.600. The third kappa shape index (κ3) is 6.34. The minimum atomic E-state index is -3.25. The Morgan fingerprint density at radius 1 is 1.33 bits per heavy atom. The molecule has 6 heteroatoms. The lowest BCUT2D eigenvalue weighted by molar-refractivity contribution is 0.560. The quantitative estimate of drug-likeness (QED) is 0.684. The smallest absolute Gasteiger partial charge is 0.212 e. The van der Waals surface area contributed by atoms with Gasteiger partial charge in [-0.1, -0.05) is 23.7 Å². The number of sulfonamides is 1. The predicted molar refractivity (Wildman–Crippen MR) is 87.0 cm³/mol. The van der Waals surface area contributed by atoms with Gasteiger partial charge in [0.2, 0.25) is 10.0 Å². The fourth-order valence-corrected chi connectivity index (χ4v) is 3.76.